The Bertz CT molecular complexity index is 465. The maximum absolute atomic E-state index is 12.2. The third-order valence-electron chi connectivity index (χ3n) is 3.46. The highest BCUT2D eigenvalue weighted by Crippen LogP contribution is 2.23. The third kappa shape index (κ3) is 3.42. The van der Waals surface area contributed by atoms with Crippen LogP contribution in [0.2, 0.25) is 0 Å². The first-order valence-corrected chi connectivity index (χ1v) is 7.85. The highest BCUT2D eigenvalue weighted by atomic mass is 32.2. The molecule has 1 aliphatic rings. The summed E-state index contributed by atoms with van der Waals surface area (Å²) in [6.45, 7) is 1.26. The molecule has 0 saturated carbocycles. The van der Waals surface area contributed by atoms with Crippen LogP contribution in [0.25, 0.3) is 0 Å². The number of aromatic hydroxyl groups is 1. The summed E-state index contributed by atoms with van der Waals surface area (Å²) in [5, 5.41) is 9.51. The summed E-state index contributed by atoms with van der Waals surface area (Å²) in [5.41, 5.74) is 8.16. The second-order valence-corrected chi connectivity index (χ2v) is 5.84. The zero-order valence-corrected chi connectivity index (χ0v) is 11.9. The molecule has 19 heavy (non-hydrogen) atoms. The van der Waals surface area contributed by atoms with Crippen LogP contribution in [0.15, 0.2) is 18.2 Å². The summed E-state index contributed by atoms with van der Waals surface area (Å²) in [6.07, 6.45) is 3.55. The van der Waals surface area contributed by atoms with Gasteiger partial charge < -0.3 is 15.7 Å². The van der Waals surface area contributed by atoms with E-state index >= 15 is 0 Å². The number of carbonyl (C=O) groups excluding carboxylic acids is 1. The first kappa shape index (κ1) is 14.2. The molecule has 0 bridgehead atoms. The van der Waals surface area contributed by atoms with Gasteiger partial charge in [-0.3, -0.25) is 4.79 Å². The summed E-state index contributed by atoms with van der Waals surface area (Å²) in [7, 11) is 0. The number of amides is 1. The SMILES string of the molecule is CSCC[C@@H](N)C(=O)N1CCc2ccc(O)cc2C1. The van der Waals surface area contributed by atoms with E-state index in [9.17, 15) is 9.90 Å². The number of hydrogen-bond acceptors (Lipinski definition) is 4. The number of nitrogens with two attached hydrogens (primary N) is 1. The Kier molecular flexibility index (Phi) is 4.71. The molecule has 1 amide bonds. The maximum Gasteiger partial charge on any atom is 0.239 e. The first-order valence-electron chi connectivity index (χ1n) is 6.46. The zero-order valence-electron chi connectivity index (χ0n) is 11.1. The average molecular weight is 280 g/mol. The van der Waals surface area contributed by atoms with Crippen molar-refractivity contribution in [2.75, 3.05) is 18.6 Å². The summed E-state index contributed by atoms with van der Waals surface area (Å²) in [6, 6.07) is 4.95. The van der Waals surface area contributed by atoms with Crippen LogP contribution in [0.1, 0.15) is 17.5 Å². The molecule has 1 aromatic carbocycles. The van der Waals surface area contributed by atoms with Gasteiger partial charge in [0.1, 0.15) is 5.75 Å². The molecule has 0 saturated heterocycles. The monoisotopic (exact) mass is 280 g/mol. The van der Waals surface area contributed by atoms with Crippen molar-refractivity contribution in [1.29, 1.82) is 0 Å². The minimum Gasteiger partial charge on any atom is -0.508 e. The van der Waals surface area contributed by atoms with Gasteiger partial charge in [0.2, 0.25) is 5.91 Å². The van der Waals surface area contributed by atoms with Crippen LogP contribution in [0.4, 0.5) is 0 Å². The molecule has 0 aliphatic carbocycles. The lowest BCUT2D eigenvalue weighted by atomic mass is 9.99. The van der Waals surface area contributed by atoms with Crippen molar-refractivity contribution in [3.05, 3.63) is 29.3 Å². The topological polar surface area (TPSA) is 66.6 Å². The number of thioether (sulfide) groups is 1. The van der Waals surface area contributed by atoms with Crippen LogP contribution in [0.5, 0.6) is 5.75 Å². The average Bonchev–Trinajstić information content (AvgIpc) is 2.43. The van der Waals surface area contributed by atoms with E-state index in [0.29, 0.717) is 19.5 Å². The zero-order chi connectivity index (χ0) is 13.8. The molecule has 1 aromatic rings. The molecule has 3 N–H and O–H groups in total. The molecule has 0 fully saturated rings. The normalized spacial score (nSPS) is 16.0. The molecule has 0 spiro atoms. The fourth-order valence-corrected chi connectivity index (χ4v) is 2.82. The van der Waals surface area contributed by atoms with Crippen molar-refractivity contribution in [1.82, 2.24) is 4.90 Å². The number of phenols is 1. The predicted molar refractivity (Wildman–Crippen MR) is 78.2 cm³/mol. The van der Waals surface area contributed by atoms with Crippen LogP contribution in [-0.2, 0) is 17.8 Å². The lowest BCUT2D eigenvalue weighted by Gasteiger charge is -2.31. The number of hydrogen-bond donors (Lipinski definition) is 2. The number of benzene rings is 1. The lowest BCUT2D eigenvalue weighted by Crippen LogP contribution is -2.46. The lowest BCUT2D eigenvalue weighted by molar-refractivity contribution is -0.133. The van der Waals surface area contributed by atoms with Crippen LogP contribution < -0.4 is 5.73 Å². The van der Waals surface area contributed by atoms with Gasteiger partial charge in [-0.15, -0.1) is 0 Å². The van der Waals surface area contributed by atoms with E-state index in [2.05, 4.69) is 0 Å². The molecule has 1 heterocycles. The second kappa shape index (κ2) is 6.30. The predicted octanol–water partition coefficient (Wildman–Crippen LogP) is 1.36. The van der Waals surface area contributed by atoms with Gasteiger partial charge in [-0.1, -0.05) is 6.07 Å². The van der Waals surface area contributed by atoms with Gasteiger partial charge in [0, 0.05) is 13.1 Å². The quantitative estimate of drug-likeness (QED) is 0.874. The Morgan fingerprint density at radius 3 is 3.05 bits per heavy atom. The van der Waals surface area contributed by atoms with E-state index in [-0.39, 0.29) is 11.7 Å². The largest absolute Gasteiger partial charge is 0.508 e. The fraction of sp³-hybridized carbons (Fsp3) is 0.500. The molecule has 104 valence electrons. The smallest absolute Gasteiger partial charge is 0.239 e. The molecular weight excluding hydrogens is 260 g/mol. The molecule has 2 rings (SSSR count). The van der Waals surface area contributed by atoms with E-state index < -0.39 is 6.04 Å². The summed E-state index contributed by atoms with van der Waals surface area (Å²) >= 11 is 1.70. The first-order chi connectivity index (χ1) is 9.11. The van der Waals surface area contributed by atoms with Gasteiger partial charge in [0.15, 0.2) is 0 Å². The van der Waals surface area contributed by atoms with Gasteiger partial charge in [-0.05, 0) is 48.1 Å². The van der Waals surface area contributed by atoms with Gasteiger partial charge in [0.05, 0.1) is 6.04 Å². The number of rotatable bonds is 4. The third-order valence-corrected chi connectivity index (χ3v) is 4.11. The summed E-state index contributed by atoms with van der Waals surface area (Å²) < 4.78 is 0. The Morgan fingerprint density at radius 1 is 1.53 bits per heavy atom. The van der Waals surface area contributed by atoms with E-state index in [1.165, 1.54) is 5.56 Å². The summed E-state index contributed by atoms with van der Waals surface area (Å²) in [5.74, 6) is 1.17. The highest BCUT2D eigenvalue weighted by Gasteiger charge is 2.24. The Hall–Kier alpha value is -1.20. The Morgan fingerprint density at radius 2 is 2.32 bits per heavy atom. The molecule has 1 aliphatic heterocycles. The molecule has 1 atom stereocenters. The molecule has 0 radical (unpaired) electrons. The van der Waals surface area contributed by atoms with Crippen molar-refractivity contribution in [3.63, 3.8) is 0 Å². The van der Waals surface area contributed by atoms with Crippen LogP contribution in [0.3, 0.4) is 0 Å². The molecule has 0 unspecified atom stereocenters. The van der Waals surface area contributed by atoms with Crippen molar-refractivity contribution >= 4 is 17.7 Å². The fourth-order valence-electron chi connectivity index (χ4n) is 2.33. The highest BCUT2D eigenvalue weighted by molar-refractivity contribution is 7.98. The molecular formula is C14H20N2O2S. The van der Waals surface area contributed by atoms with Gasteiger partial charge in [-0.25, -0.2) is 0 Å². The van der Waals surface area contributed by atoms with Crippen LogP contribution in [0, 0.1) is 0 Å². The Balaban J connectivity index is 2.02. The molecule has 0 aromatic heterocycles. The minimum absolute atomic E-state index is 0.0167. The van der Waals surface area contributed by atoms with Crippen molar-refractivity contribution in [2.45, 2.75) is 25.4 Å². The minimum atomic E-state index is -0.411. The standard InChI is InChI=1S/C14H20N2O2S/c1-19-7-5-13(15)14(18)16-6-4-10-2-3-12(17)8-11(10)9-16/h2-3,8,13,17H,4-7,9,15H2,1H3/t13-/m1/s1. The number of nitrogens with zero attached hydrogens (tertiary/aromatic N) is 1. The van der Waals surface area contributed by atoms with E-state index in [0.717, 1.165) is 17.7 Å². The Labute approximate surface area is 118 Å². The second-order valence-electron chi connectivity index (χ2n) is 4.85. The number of phenolic OH excluding ortho intramolecular Hbond substituents is 1. The molecule has 5 heteroatoms. The number of fused-ring (bicyclic) bond motifs is 1. The van der Waals surface area contributed by atoms with Gasteiger partial charge in [-0.2, -0.15) is 11.8 Å². The maximum atomic E-state index is 12.2. The van der Waals surface area contributed by atoms with E-state index in [1.807, 2.05) is 12.3 Å². The number of carbonyl (C=O) groups is 1. The molecule has 4 nitrogen and oxygen atoms in total. The van der Waals surface area contributed by atoms with Crippen molar-refractivity contribution in [3.8, 4) is 5.75 Å². The van der Waals surface area contributed by atoms with Crippen molar-refractivity contribution in [2.24, 2.45) is 5.73 Å². The van der Waals surface area contributed by atoms with Crippen LogP contribution >= 0.6 is 11.8 Å². The van der Waals surface area contributed by atoms with Gasteiger partial charge >= 0.3 is 0 Å². The van der Waals surface area contributed by atoms with E-state index in [4.69, 9.17) is 5.73 Å². The summed E-state index contributed by atoms with van der Waals surface area (Å²) in [4.78, 5) is 14.0. The van der Waals surface area contributed by atoms with E-state index in [1.54, 1.807) is 28.8 Å². The van der Waals surface area contributed by atoms with Crippen LogP contribution in [-0.4, -0.2) is 40.5 Å². The van der Waals surface area contributed by atoms with Gasteiger partial charge in [0.25, 0.3) is 0 Å². The van der Waals surface area contributed by atoms with Crippen molar-refractivity contribution < 1.29 is 9.90 Å².